The number of para-hydroxylation sites is 1. The maximum absolute atomic E-state index is 6.04. The van der Waals surface area contributed by atoms with E-state index < -0.39 is 0 Å². The number of fused-ring (bicyclic) bond motifs is 1. The maximum Gasteiger partial charge on any atom is 0.227 e. The lowest BCUT2D eigenvalue weighted by atomic mass is 10.2. The van der Waals surface area contributed by atoms with Crippen LogP contribution in [0.25, 0.3) is 22.6 Å². The van der Waals surface area contributed by atoms with Crippen molar-refractivity contribution in [1.29, 1.82) is 0 Å². The quantitative estimate of drug-likeness (QED) is 0.657. The van der Waals surface area contributed by atoms with Crippen LogP contribution in [0.3, 0.4) is 0 Å². The van der Waals surface area contributed by atoms with Gasteiger partial charge in [0.15, 0.2) is 5.58 Å². The Kier molecular flexibility index (Phi) is 2.38. The highest BCUT2D eigenvalue weighted by molar-refractivity contribution is 6.34. The van der Waals surface area contributed by atoms with Crippen molar-refractivity contribution in [2.75, 3.05) is 11.5 Å². The molecule has 0 amide bonds. The Labute approximate surface area is 108 Å². The minimum absolute atomic E-state index is 0.456. The van der Waals surface area contributed by atoms with Crippen molar-refractivity contribution in [1.82, 2.24) is 4.98 Å². The molecule has 0 aliphatic carbocycles. The summed E-state index contributed by atoms with van der Waals surface area (Å²) >= 11 is 6.04. The van der Waals surface area contributed by atoms with Crippen LogP contribution in [-0.4, -0.2) is 4.98 Å². The van der Waals surface area contributed by atoms with Gasteiger partial charge in [-0.05, 0) is 30.3 Å². The summed E-state index contributed by atoms with van der Waals surface area (Å²) in [5.74, 6) is 0.456. The zero-order valence-electron chi connectivity index (χ0n) is 9.35. The van der Waals surface area contributed by atoms with Crippen LogP contribution < -0.4 is 11.5 Å². The number of anilines is 2. The largest absolute Gasteiger partial charge is 0.435 e. The van der Waals surface area contributed by atoms with Crippen molar-refractivity contribution in [2.45, 2.75) is 0 Å². The Balaban J connectivity index is 2.22. The van der Waals surface area contributed by atoms with Gasteiger partial charge in [-0.3, -0.25) is 0 Å². The number of oxazole rings is 1. The molecule has 4 nitrogen and oxygen atoms in total. The van der Waals surface area contributed by atoms with Gasteiger partial charge in [-0.15, -0.1) is 0 Å². The molecular formula is C13H10ClN3O. The number of nitrogens with zero attached hydrogens (tertiary/aromatic N) is 1. The highest BCUT2D eigenvalue weighted by Gasteiger charge is 2.11. The minimum Gasteiger partial charge on any atom is -0.435 e. The number of aromatic nitrogens is 1. The topological polar surface area (TPSA) is 78.1 Å². The van der Waals surface area contributed by atoms with Crippen LogP contribution in [0.1, 0.15) is 0 Å². The molecule has 0 spiro atoms. The van der Waals surface area contributed by atoms with Gasteiger partial charge in [-0.1, -0.05) is 17.7 Å². The second-order valence-electron chi connectivity index (χ2n) is 4.00. The second kappa shape index (κ2) is 3.92. The van der Waals surface area contributed by atoms with Gasteiger partial charge < -0.3 is 15.9 Å². The first kappa shape index (κ1) is 10.9. The molecule has 18 heavy (non-hydrogen) atoms. The van der Waals surface area contributed by atoms with E-state index in [4.69, 9.17) is 27.5 Å². The van der Waals surface area contributed by atoms with Crippen LogP contribution in [0.5, 0.6) is 0 Å². The number of rotatable bonds is 1. The normalized spacial score (nSPS) is 10.9. The number of benzene rings is 2. The average molecular weight is 260 g/mol. The Hall–Kier alpha value is -2.20. The highest BCUT2D eigenvalue weighted by Crippen LogP contribution is 2.30. The van der Waals surface area contributed by atoms with Crippen LogP contribution in [0.2, 0.25) is 5.02 Å². The molecule has 0 aliphatic rings. The van der Waals surface area contributed by atoms with Crippen molar-refractivity contribution in [3.05, 3.63) is 41.4 Å². The molecule has 5 heteroatoms. The third-order valence-corrected chi connectivity index (χ3v) is 2.89. The van der Waals surface area contributed by atoms with E-state index in [-0.39, 0.29) is 0 Å². The Morgan fingerprint density at radius 1 is 1.06 bits per heavy atom. The summed E-state index contributed by atoms with van der Waals surface area (Å²) in [4.78, 5) is 4.36. The molecule has 0 saturated carbocycles. The maximum atomic E-state index is 6.04. The molecule has 0 atom stereocenters. The van der Waals surface area contributed by atoms with Gasteiger partial charge in [0.1, 0.15) is 5.52 Å². The van der Waals surface area contributed by atoms with Gasteiger partial charge in [0.05, 0.1) is 5.02 Å². The van der Waals surface area contributed by atoms with E-state index in [1.54, 1.807) is 24.3 Å². The predicted octanol–water partition coefficient (Wildman–Crippen LogP) is 3.31. The molecule has 2 aromatic carbocycles. The number of nitrogens with two attached hydrogens (primary N) is 2. The number of hydrogen-bond donors (Lipinski definition) is 2. The monoisotopic (exact) mass is 259 g/mol. The first-order valence-electron chi connectivity index (χ1n) is 5.35. The predicted molar refractivity (Wildman–Crippen MR) is 73.3 cm³/mol. The zero-order chi connectivity index (χ0) is 12.7. The second-order valence-corrected chi connectivity index (χ2v) is 4.40. The van der Waals surface area contributed by atoms with Crippen molar-refractivity contribution >= 4 is 34.1 Å². The van der Waals surface area contributed by atoms with Crippen LogP contribution in [0, 0.1) is 0 Å². The first-order valence-corrected chi connectivity index (χ1v) is 5.73. The molecule has 0 unspecified atom stereocenters. The Morgan fingerprint density at radius 2 is 1.78 bits per heavy atom. The fourth-order valence-corrected chi connectivity index (χ4v) is 2.05. The molecule has 0 bridgehead atoms. The molecule has 0 saturated heterocycles. The van der Waals surface area contributed by atoms with Crippen molar-refractivity contribution in [3.8, 4) is 11.5 Å². The van der Waals surface area contributed by atoms with Crippen molar-refractivity contribution < 1.29 is 4.42 Å². The third kappa shape index (κ3) is 1.76. The summed E-state index contributed by atoms with van der Waals surface area (Å²) in [6.07, 6.45) is 0. The summed E-state index contributed by atoms with van der Waals surface area (Å²) in [5, 5.41) is 0.531. The lowest BCUT2D eigenvalue weighted by Crippen LogP contribution is -1.91. The molecule has 3 rings (SSSR count). The fourth-order valence-electron chi connectivity index (χ4n) is 1.84. The van der Waals surface area contributed by atoms with Crippen LogP contribution in [0.4, 0.5) is 11.4 Å². The van der Waals surface area contributed by atoms with Crippen LogP contribution in [0.15, 0.2) is 40.8 Å². The molecule has 0 aliphatic heterocycles. The molecule has 3 aromatic rings. The third-order valence-electron chi connectivity index (χ3n) is 2.59. The zero-order valence-corrected chi connectivity index (χ0v) is 10.1. The van der Waals surface area contributed by atoms with Gasteiger partial charge >= 0.3 is 0 Å². The molecule has 1 heterocycles. The first-order chi connectivity index (χ1) is 8.63. The number of nitrogen functional groups attached to an aromatic ring is 2. The van der Waals surface area contributed by atoms with Gasteiger partial charge in [-0.25, -0.2) is 4.98 Å². The molecule has 4 N–H and O–H groups in total. The summed E-state index contributed by atoms with van der Waals surface area (Å²) in [6.45, 7) is 0. The number of halogens is 1. The SMILES string of the molecule is Nc1cc(N)cc(-c2nc3cccc(Cl)c3o2)c1. The summed E-state index contributed by atoms with van der Waals surface area (Å²) < 4.78 is 5.64. The van der Waals surface area contributed by atoms with Gasteiger partial charge in [0, 0.05) is 16.9 Å². The molecule has 0 radical (unpaired) electrons. The lowest BCUT2D eigenvalue weighted by Gasteiger charge is -2.00. The van der Waals surface area contributed by atoms with Gasteiger partial charge in [0.25, 0.3) is 0 Å². The smallest absolute Gasteiger partial charge is 0.227 e. The highest BCUT2D eigenvalue weighted by atomic mass is 35.5. The molecular weight excluding hydrogens is 250 g/mol. The summed E-state index contributed by atoms with van der Waals surface area (Å²) in [5.41, 5.74) is 14.6. The molecule has 1 aromatic heterocycles. The van der Waals surface area contributed by atoms with Gasteiger partial charge in [-0.2, -0.15) is 0 Å². The molecule has 90 valence electrons. The number of hydrogen-bond acceptors (Lipinski definition) is 4. The van der Waals surface area contributed by atoms with Crippen LogP contribution >= 0.6 is 11.6 Å². The van der Waals surface area contributed by atoms with E-state index in [0.29, 0.717) is 33.4 Å². The van der Waals surface area contributed by atoms with E-state index >= 15 is 0 Å². The summed E-state index contributed by atoms with van der Waals surface area (Å²) in [7, 11) is 0. The van der Waals surface area contributed by atoms with E-state index in [2.05, 4.69) is 4.98 Å². The van der Waals surface area contributed by atoms with E-state index in [0.717, 1.165) is 5.56 Å². The standard InChI is InChI=1S/C13H10ClN3O/c14-10-2-1-3-11-12(10)18-13(17-11)7-4-8(15)6-9(16)5-7/h1-6H,15-16H2. The summed E-state index contributed by atoms with van der Waals surface area (Å²) in [6, 6.07) is 10.6. The van der Waals surface area contributed by atoms with Crippen molar-refractivity contribution in [3.63, 3.8) is 0 Å². The van der Waals surface area contributed by atoms with Crippen molar-refractivity contribution in [2.24, 2.45) is 0 Å². The van der Waals surface area contributed by atoms with Crippen LogP contribution in [-0.2, 0) is 0 Å². The Bertz CT molecular complexity index is 716. The minimum atomic E-state index is 0.456. The Morgan fingerprint density at radius 3 is 2.44 bits per heavy atom. The molecule has 0 fully saturated rings. The lowest BCUT2D eigenvalue weighted by molar-refractivity contribution is 0.620. The fraction of sp³-hybridized carbons (Fsp3) is 0. The van der Waals surface area contributed by atoms with E-state index in [1.807, 2.05) is 12.1 Å². The average Bonchev–Trinajstić information content (AvgIpc) is 2.73. The van der Waals surface area contributed by atoms with Gasteiger partial charge in [0.2, 0.25) is 5.89 Å². The van der Waals surface area contributed by atoms with E-state index in [9.17, 15) is 0 Å². The van der Waals surface area contributed by atoms with E-state index in [1.165, 1.54) is 0 Å².